The number of benzene rings is 2. The van der Waals surface area contributed by atoms with Gasteiger partial charge in [0, 0.05) is 36.8 Å². The minimum absolute atomic E-state index is 0.104. The van der Waals surface area contributed by atoms with Crippen molar-refractivity contribution in [1.29, 1.82) is 0 Å². The summed E-state index contributed by atoms with van der Waals surface area (Å²) in [5.41, 5.74) is 1.01. The van der Waals surface area contributed by atoms with Gasteiger partial charge in [0.25, 0.3) is 5.91 Å². The lowest BCUT2D eigenvalue weighted by Crippen LogP contribution is -2.40. The summed E-state index contributed by atoms with van der Waals surface area (Å²) in [4.78, 5) is 27.8. The first kappa shape index (κ1) is 18.8. The molecule has 0 N–H and O–H groups in total. The predicted octanol–water partition coefficient (Wildman–Crippen LogP) is 4.12. The fourth-order valence-corrected chi connectivity index (χ4v) is 3.21. The van der Waals surface area contributed by atoms with Crippen molar-refractivity contribution in [2.75, 3.05) is 0 Å². The SMILES string of the molecule is CC[C@H](C)N(Cc1ccccc1F)C(=O)c1cn(C)c2ccccc2c1=O. The molecule has 0 saturated carbocycles. The van der Waals surface area contributed by atoms with Crippen molar-refractivity contribution >= 4 is 16.8 Å². The summed E-state index contributed by atoms with van der Waals surface area (Å²) in [6, 6.07) is 13.5. The van der Waals surface area contributed by atoms with E-state index in [0.717, 1.165) is 5.52 Å². The zero-order chi connectivity index (χ0) is 19.6. The Kier molecular flexibility index (Phi) is 5.40. The van der Waals surface area contributed by atoms with Crippen LogP contribution in [0.3, 0.4) is 0 Å². The van der Waals surface area contributed by atoms with Gasteiger partial charge in [0.05, 0.1) is 5.52 Å². The highest BCUT2D eigenvalue weighted by Crippen LogP contribution is 2.18. The first-order chi connectivity index (χ1) is 12.9. The Hall–Kier alpha value is -2.95. The number of carbonyl (C=O) groups is 1. The molecule has 0 bridgehead atoms. The van der Waals surface area contributed by atoms with Gasteiger partial charge in [-0.25, -0.2) is 4.39 Å². The van der Waals surface area contributed by atoms with Crippen LogP contribution in [0.15, 0.2) is 59.5 Å². The van der Waals surface area contributed by atoms with E-state index in [-0.39, 0.29) is 35.3 Å². The molecule has 1 atom stereocenters. The number of para-hydroxylation sites is 1. The van der Waals surface area contributed by atoms with Crippen LogP contribution >= 0.6 is 0 Å². The van der Waals surface area contributed by atoms with Gasteiger partial charge in [0.1, 0.15) is 11.4 Å². The molecule has 0 aliphatic heterocycles. The zero-order valence-corrected chi connectivity index (χ0v) is 15.8. The molecular weight excluding hydrogens is 343 g/mol. The van der Waals surface area contributed by atoms with E-state index >= 15 is 0 Å². The van der Waals surface area contributed by atoms with Gasteiger partial charge in [0.15, 0.2) is 0 Å². The molecule has 2 aromatic carbocycles. The van der Waals surface area contributed by atoms with Crippen LogP contribution in [0.1, 0.15) is 36.2 Å². The van der Waals surface area contributed by atoms with Crippen LogP contribution in [0.4, 0.5) is 4.39 Å². The van der Waals surface area contributed by atoms with Gasteiger partial charge in [-0.1, -0.05) is 37.3 Å². The molecule has 0 fully saturated rings. The summed E-state index contributed by atoms with van der Waals surface area (Å²) in [5.74, 6) is -0.732. The van der Waals surface area contributed by atoms with Crippen molar-refractivity contribution in [2.24, 2.45) is 7.05 Å². The van der Waals surface area contributed by atoms with E-state index in [9.17, 15) is 14.0 Å². The van der Waals surface area contributed by atoms with E-state index in [0.29, 0.717) is 17.4 Å². The third kappa shape index (κ3) is 3.63. The quantitative estimate of drug-likeness (QED) is 0.682. The highest BCUT2D eigenvalue weighted by atomic mass is 19.1. The van der Waals surface area contributed by atoms with Gasteiger partial charge in [-0.2, -0.15) is 0 Å². The fraction of sp³-hybridized carbons (Fsp3) is 0.273. The summed E-state index contributed by atoms with van der Waals surface area (Å²) in [5, 5.41) is 0.501. The number of pyridine rings is 1. The number of fused-ring (bicyclic) bond motifs is 1. The first-order valence-corrected chi connectivity index (χ1v) is 9.06. The van der Waals surface area contributed by atoms with E-state index in [1.165, 1.54) is 6.07 Å². The number of amides is 1. The predicted molar refractivity (Wildman–Crippen MR) is 105 cm³/mol. The Labute approximate surface area is 157 Å². The lowest BCUT2D eigenvalue weighted by molar-refractivity contribution is 0.0667. The van der Waals surface area contributed by atoms with Gasteiger partial charge in [-0.15, -0.1) is 0 Å². The van der Waals surface area contributed by atoms with Crippen LogP contribution in [0.25, 0.3) is 10.9 Å². The van der Waals surface area contributed by atoms with Gasteiger partial charge in [0.2, 0.25) is 5.43 Å². The van der Waals surface area contributed by atoms with Crippen molar-refractivity contribution in [3.8, 4) is 0 Å². The topological polar surface area (TPSA) is 42.3 Å². The minimum Gasteiger partial charge on any atom is -0.350 e. The van der Waals surface area contributed by atoms with Gasteiger partial charge in [-0.05, 0) is 31.5 Å². The molecule has 0 radical (unpaired) electrons. The van der Waals surface area contributed by atoms with E-state index in [1.807, 2.05) is 33.0 Å². The van der Waals surface area contributed by atoms with Crippen LogP contribution in [0.5, 0.6) is 0 Å². The van der Waals surface area contributed by atoms with E-state index in [1.54, 1.807) is 46.0 Å². The highest BCUT2D eigenvalue weighted by Gasteiger charge is 2.25. The molecule has 1 aromatic heterocycles. The molecule has 0 aliphatic carbocycles. The number of aromatic nitrogens is 1. The lowest BCUT2D eigenvalue weighted by Gasteiger charge is -2.29. The number of hydrogen-bond donors (Lipinski definition) is 0. The second-order valence-electron chi connectivity index (χ2n) is 6.78. The Morgan fingerprint density at radius 3 is 2.52 bits per heavy atom. The standard InChI is InChI=1S/C22H23FN2O2/c1-4-15(2)25(13-16-9-5-7-11-19(16)23)22(27)18-14-24(3)20-12-8-6-10-17(20)21(18)26/h5-12,14-15H,4,13H2,1-3H3/t15-/m0/s1. The molecule has 0 spiro atoms. The largest absolute Gasteiger partial charge is 0.350 e. The maximum Gasteiger partial charge on any atom is 0.259 e. The summed E-state index contributed by atoms with van der Waals surface area (Å²) in [6.07, 6.45) is 2.28. The first-order valence-electron chi connectivity index (χ1n) is 9.06. The summed E-state index contributed by atoms with van der Waals surface area (Å²) < 4.78 is 15.9. The van der Waals surface area contributed by atoms with Crippen molar-refractivity contribution < 1.29 is 9.18 Å². The monoisotopic (exact) mass is 366 g/mol. The summed E-state index contributed by atoms with van der Waals surface area (Å²) >= 11 is 0. The number of rotatable bonds is 5. The van der Waals surface area contributed by atoms with Crippen LogP contribution < -0.4 is 5.43 Å². The third-order valence-electron chi connectivity index (χ3n) is 5.01. The second kappa shape index (κ2) is 7.74. The zero-order valence-electron chi connectivity index (χ0n) is 15.8. The molecule has 3 rings (SSSR count). The summed E-state index contributed by atoms with van der Waals surface area (Å²) in [6.45, 7) is 3.99. The Balaban J connectivity index is 2.07. The van der Waals surface area contributed by atoms with Crippen molar-refractivity contribution in [3.05, 3.63) is 81.9 Å². The van der Waals surface area contributed by atoms with Crippen LogP contribution in [0, 0.1) is 5.82 Å². The fourth-order valence-electron chi connectivity index (χ4n) is 3.21. The average molecular weight is 366 g/mol. The molecule has 0 unspecified atom stereocenters. The normalized spacial score (nSPS) is 12.1. The maximum absolute atomic E-state index is 14.1. The molecule has 0 saturated heterocycles. The molecule has 0 aliphatic rings. The van der Waals surface area contributed by atoms with E-state index in [2.05, 4.69) is 0 Å². The average Bonchev–Trinajstić information content (AvgIpc) is 2.69. The van der Waals surface area contributed by atoms with Crippen molar-refractivity contribution in [2.45, 2.75) is 32.9 Å². The number of aryl methyl sites for hydroxylation is 1. The molecule has 1 amide bonds. The second-order valence-corrected chi connectivity index (χ2v) is 6.78. The van der Waals surface area contributed by atoms with Gasteiger partial charge in [-0.3, -0.25) is 9.59 Å². The Morgan fingerprint density at radius 1 is 1.15 bits per heavy atom. The van der Waals surface area contributed by atoms with Crippen molar-refractivity contribution in [3.63, 3.8) is 0 Å². The van der Waals surface area contributed by atoms with Crippen molar-refractivity contribution in [1.82, 2.24) is 9.47 Å². The third-order valence-corrected chi connectivity index (χ3v) is 5.01. The smallest absolute Gasteiger partial charge is 0.259 e. The van der Waals surface area contributed by atoms with Gasteiger partial charge < -0.3 is 9.47 Å². The lowest BCUT2D eigenvalue weighted by atomic mass is 10.1. The molecule has 5 heteroatoms. The Bertz CT molecular complexity index is 1040. The Morgan fingerprint density at radius 2 is 1.81 bits per heavy atom. The molecular formula is C22H23FN2O2. The molecule has 1 heterocycles. The van der Waals surface area contributed by atoms with Crippen LogP contribution in [0.2, 0.25) is 0 Å². The molecule has 27 heavy (non-hydrogen) atoms. The minimum atomic E-state index is -0.376. The molecule has 140 valence electrons. The molecule has 3 aromatic rings. The maximum atomic E-state index is 14.1. The van der Waals surface area contributed by atoms with E-state index < -0.39 is 0 Å². The van der Waals surface area contributed by atoms with Crippen LogP contribution in [-0.2, 0) is 13.6 Å². The summed E-state index contributed by atoms with van der Waals surface area (Å²) in [7, 11) is 1.81. The van der Waals surface area contributed by atoms with E-state index in [4.69, 9.17) is 0 Å². The number of nitrogens with zero attached hydrogens (tertiary/aromatic N) is 2. The number of halogens is 1. The van der Waals surface area contributed by atoms with Crippen LogP contribution in [-0.4, -0.2) is 21.4 Å². The van der Waals surface area contributed by atoms with Gasteiger partial charge >= 0.3 is 0 Å². The molecule has 4 nitrogen and oxygen atoms in total. The highest BCUT2D eigenvalue weighted by molar-refractivity contribution is 5.97. The number of hydrogen-bond acceptors (Lipinski definition) is 2. The number of carbonyl (C=O) groups excluding carboxylic acids is 1.